The first-order valence-electron chi connectivity index (χ1n) is 3.47. The minimum atomic E-state index is 0.481. The molecule has 1 rings (SSSR count). The average Bonchev–Trinajstić information content (AvgIpc) is 2.40. The molecule has 0 bridgehead atoms. The molecule has 0 spiro atoms. The third-order valence-corrected chi connectivity index (χ3v) is 1.68. The Kier molecular flexibility index (Phi) is 2.38. The fraction of sp³-hybridized carbons (Fsp3) is 0.375. The van der Waals surface area contributed by atoms with Crippen molar-refractivity contribution < 1.29 is 14.3 Å². The maximum absolute atomic E-state index is 10.6. The van der Waals surface area contributed by atoms with Crippen LogP contribution >= 0.6 is 0 Å². The Balaban J connectivity index is 3.25. The molecule has 0 N–H and O–H groups in total. The Morgan fingerprint density at radius 3 is 2.50 bits per heavy atom. The lowest BCUT2D eigenvalue weighted by Gasteiger charge is -2.00. The number of carbonyl (C=O) groups is 1. The molecule has 0 aliphatic heterocycles. The van der Waals surface area contributed by atoms with Crippen molar-refractivity contribution >= 4 is 6.29 Å². The molecular formula is C8H11NO3. The van der Waals surface area contributed by atoms with Gasteiger partial charge in [-0.3, -0.25) is 4.79 Å². The summed E-state index contributed by atoms with van der Waals surface area (Å²) in [6.45, 7) is 0. The third kappa shape index (κ3) is 1.15. The third-order valence-electron chi connectivity index (χ3n) is 1.68. The van der Waals surface area contributed by atoms with Gasteiger partial charge in [-0.25, -0.2) is 0 Å². The molecular weight excluding hydrogens is 158 g/mol. The molecule has 0 aliphatic rings. The van der Waals surface area contributed by atoms with Gasteiger partial charge in [0.2, 0.25) is 0 Å². The Morgan fingerprint density at radius 1 is 1.42 bits per heavy atom. The summed E-state index contributed by atoms with van der Waals surface area (Å²) >= 11 is 0. The van der Waals surface area contributed by atoms with E-state index in [9.17, 15) is 4.79 Å². The van der Waals surface area contributed by atoms with Gasteiger partial charge < -0.3 is 14.0 Å². The molecule has 0 unspecified atom stereocenters. The second-order valence-corrected chi connectivity index (χ2v) is 2.34. The predicted molar refractivity (Wildman–Crippen MR) is 43.9 cm³/mol. The highest BCUT2D eigenvalue weighted by molar-refractivity contribution is 5.79. The number of methoxy groups -OCH3 is 2. The normalized spacial score (nSPS) is 9.58. The molecule has 0 fully saturated rings. The van der Waals surface area contributed by atoms with Crippen LogP contribution in [0.5, 0.6) is 11.5 Å². The number of hydrogen-bond donors (Lipinski definition) is 0. The standard InChI is InChI=1S/C8H11NO3/c1-9-4-7(11-2)8(12-3)6(9)5-10/h4-5H,1-3H3. The van der Waals surface area contributed by atoms with E-state index in [1.165, 1.54) is 14.2 Å². The minimum absolute atomic E-state index is 0.481. The van der Waals surface area contributed by atoms with E-state index in [4.69, 9.17) is 9.47 Å². The second-order valence-electron chi connectivity index (χ2n) is 2.34. The van der Waals surface area contributed by atoms with Gasteiger partial charge >= 0.3 is 0 Å². The summed E-state index contributed by atoms with van der Waals surface area (Å²) in [7, 11) is 4.80. The molecule has 0 saturated heterocycles. The number of aldehydes is 1. The minimum Gasteiger partial charge on any atom is -0.491 e. The van der Waals surface area contributed by atoms with Crippen LogP contribution in [-0.2, 0) is 7.05 Å². The molecule has 66 valence electrons. The van der Waals surface area contributed by atoms with Gasteiger partial charge in [-0.1, -0.05) is 0 Å². The van der Waals surface area contributed by atoms with Crippen LogP contribution in [0.2, 0.25) is 0 Å². The van der Waals surface area contributed by atoms with Gasteiger partial charge in [0.05, 0.1) is 20.4 Å². The molecule has 1 aromatic rings. The van der Waals surface area contributed by atoms with E-state index in [0.29, 0.717) is 17.2 Å². The quantitative estimate of drug-likeness (QED) is 0.630. The summed E-state index contributed by atoms with van der Waals surface area (Å²) in [5, 5.41) is 0. The van der Waals surface area contributed by atoms with Crippen molar-refractivity contribution in [2.45, 2.75) is 0 Å². The summed E-state index contributed by atoms with van der Waals surface area (Å²) in [6, 6.07) is 0. The summed E-state index contributed by atoms with van der Waals surface area (Å²) < 4.78 is 11.7. The number of ether oxygens (including phenoxy) is 2. The van der Waals surface area contributed by atoms with E-state index in [-0.39, 0.29) is 0 Å². The van der Waals surface area contributed by atoms with Crippen molar-refractivity contribution in [1.82, 2.24) is 4.57 Å². The lowest BCUT2D eigenvalue weighted by atomic mass is 10.4. The lowest BCUT2D eigenvalue weighted by Crippen LogP contribution is -1.94. The number of nitrogens with zero attached hydrogens (tertiary/aromatic N) is 1. The maximum Gasteiger partial charge on any atom is 0.189 e. The highest BCUT2D eigenvalue weighted by Crippen LogP contribution is 2.30. The smallest absolute Gasteiger partial charge is 0.189 e. The first kappa shape index (κ1) is 8.64. The molecule has 4 heteroatoms. The Hall–Kier alpha value is -1.45. The largest absolute Gasteiger partial charge is 0.491 e. The molecule has 12 heavy (non-hydrogen) atoms. The Labute approximate surface area is 70.7 Å². The zero-order valence-corrected chi connectivity index (χ0v) is 7.33. The van der Waals surface area contributed by atoms with Gasteiger partial charge in [-0.05, 0) is 0 Å². The van der Waals surface area contributed by atoms with E-state index in [1.807, 2.05) is 0 Å². The van der Waals surface area contributed by atoms with E-state index < -0.39 is 0 Å². The van der Waals surface area contributed by atoms with Gasteiger partial charge in [-0.2, -0.15) is 0 Å². The number of aromatic nitrogens is 1. The monoisotopic (exact) mass is 169 g/mol. The number of hydrogen-bond acceptors (Lipinski definition) is 3. The predicted octanol–water partition coefficient (Wildman–Crippen LogP) is 0.855. The van der Waals surface area contributed by atoms with Crippen molar-refractivity contribution in [2.75, 3.05) is 14.2 Å². The highest BCUT2D eigenvalue weighted by atomic mass is 16.5. The van der Waals surface area contributed by atoms with Crippen LogP contribution in [-0.4, -0.2) is 25.1 Å². The van der Waals surface area contributed by atoms with Crippen LogP contribution in [0, 0.1) is 0 Å². The van der Waals surface area contributed by atoms with E-state index in [0.717, 1.165) is 6.29 Å². The average molecular weight is 169 g/mol. The number of rotatable bonds is 3. The SMILES string of the molecule is COc1cn(C)c(C=O)c1OC. The van der Waals surface area contributed by atoms with Crippen LogP contribution in [0.1, 0.15) is 10.5 Å². The molecule has 0 saturated carbocycles. The highest BCUT2D eigenvalue weighted by Gasteiger charge is 2.13. The molecule has 0 radical (unpaired) electrons. The van der Waals surface area contributed by atoms with Crippen LogP contribution in [0.4, 0.5) is 0 Å². The molecule has 0 aromatic carbocycles. The zero-order valence-electron chi connectivity index (χ0n) is 7.33. The van der Waals surface area contributed by atoms with E-state index in [1.54, 1.807) is 17.8 Å². The fourth-order valence-corrected chi connectivity index (χ4v) is 1.08. The van der Waals surface area contributed by atoms with Crippen molar-refractivity contribution in [3.8, 4) is 11.5 Å². The molecule has 0 amide bonds. The molecule has 1 heterocycles. The van der Waals surface area contributed by atoms with Crippen LogP contribution in [0.3, 0.4) is 0 Å². The van der Waals surface area contributed by atoms with Crippen LogP contribution in [0.15, 0.2) is 6.20 Å². The lowest BCUT2D eigenvalue weighted by molar-refractivity contribution is 0.111. The Bertz CT molecular complexity index is 291. The summed E-state index contributed by atoms with van der Waals surface area (Å²) in [6.07, 6.45) is 2.43. The molecule has 1 aromatic heterocycles. The van der Waals surface area contributed by atoms with Gasteiger partial charge in [0.1, 0.15) is 5.69 Å². The summed E-state index contributed by atoms with van der Waals surface area (Å²) in [4.78, 5) is 10.6. The number of carbonyl (C=O) groups excluding carboxylic acids is 1. The van der Waals surface area contributed by atoms with Gasteiger partial charge in [0.15, 0.2) is 17.8 Å². The molecule has 0 atom stereocenters. The fourth-order valence-electron chi connectivity index (χ4n) is 1.08. The van der Waals surface area contributed by atoms with Crippen molar-refractivity contribution in [3.63, 3.8) is 0 Å². The Morgan fingerprint density at radius 2 is 2.08 bits per heavy atom. The number of aryl methyl sites for hydroxylation is 1. The topological polar surface area (TPSA) is 40.5 Å². The van der Waals surface area contributed by atoms with Crippen molar-refractivity contribution in [2.24, 2.45) is 7.05 Å². The molecule has 0 aliphatic carbocycles. The van der Waals surface area contributed by atoms with Crippen LogP contribution < -0.4 is 9.47 Å². The first-order chi connectivity index (χ1) is 5.74. The summed E-state index contributed by atoms with van der Waals surface area (Å²) in [5.74, 6) is 1.05. The van der Waals surface area contributed by atoms with Gasteiger partial charge in [0, 0.05) is 7.05 Å². The summed E-state index contributed by atoms with van der Waals surface area (Å²) in [5.41, 5.74) is 0.481. The van der Waals surface area contributed by atoms with Gasteiger partial charge in [0.25, 0.3) is 0 Å². The first-order valence-corrected chi connectivity index (χ1v) is 3.47. The van der Waals surface area contributed by atoms with Crippen molar-refractivity contribution in [1.29, 1.82) is 0 Å². The second kappa shape index (κ2) is 3.30. The maximum atomic E-state index is 10.6. The zero-order chi connectivity index (χ0) is 9.14. The van der Waals surface area contributed by atoms with Crippen molar-refractivity contribution in [3.05, 3.63) is 11.9 Å². The van der Waals surface area contributed by atoms with Gasteiger partial charge in [-0.15, -0.1) is 0 Å². The van der Waals surface area contributed by atoms with E-state index >= 15 is 0 Å². The van der Waals surface area contributed by atoms with Crippen LogP contribution in [0.25, 0.3) is 0 Å². The van der Waals surface area contributed by atoms with E-state index in [2.05, 4.69) is 0 Å². The molecule has 4 nitrogen and oxygen atoms in total.